The number of nitrogens with zero attached hydrogens (tertiary/aromatic N) is 4. The van der Waals surface area contributed by atoms with Gasteiger partial charge in [0.2, 0.25) is 5.95 Å². The molecular weight excluding hydrogens is 364 g/mol. The van der Waals surface area contributed by atoms with E-state index in [1.54, 1.807) is 4.57 Å². The van der Waals surface area contributed by atoms with Crippen LogP contribution in [0.4, 0.5) is 11.6 Å². The van der Waals surface area contributed by atoms with Crippen LogP contribution in [0.1, 0.15) is 0 Å². The molecule has 2 heterocycles. The minimum atomic E-state index is -0.825. The maximum atomic E-state index is 12.7. The van der Waals surface area contributed by atoms with Crippen molar-refractivity contribution in [3.05, 3.63) is 51.2 Å². The maximum absolute atomic E-state index is 12.7. The molecule has 28 heavy (non-hydrogen) atoms. The normalized spacial score (nSPS) is 12.3. The fourth-order valence-corrected chi connectivity index (χ4v) is 2.99. The van der Waals surface area contributed by atoms with Crippen LogP contribution < -0.4 is 21.9 Å². The third kappa shape index (κ3) is 3.78. The lowest BCUT2D eigenvalue weighted by atomic mass is 10.3. The fraction of sp³-hybridized carbons (Fsp3) is 0.389. The van der Waals surface area contributed by atoms with Crippen molar-refractivity contribution in [2.45, 2.75) is 12.6 Å². The van der Waals surface area contributed by atoms with Crippen LogP contribution in [0.3, 0.4) is 0 Å². The van der Waals surface area contributed by atoms with Gasteiger partial charge in [-0.25, -0.2) is 4.79 Å². The zero-order valence-electron chi connectivity index (χ0n) is 15.8. The van der Waals surface area contributed by atoms with Crippen molar-refractivity contribution in [3.8, 4) is 0 Å². The van der Waals surface area contributed by atoms with Crippen LogP contribution in [0.15, 0.2) is 39.9 Å². The first-order valence-electron chi connectivity index (χ1n) is 8.92. The summed E-state index contributed by atoms with van der Waals surface area (Å²) in [5, 5.41) is 25.7. The van der Waals surface area contributed by atoms with Crippen LogP contribution in [0, 0.1) is 0 Å². The molecule has 10 heteroatoms. The van der Waals surface area contributed by atoms with Crippen LogP contribution in [0.25, 0.3) is 11.2 Å². The second-order valence-corrected chi connectivity index (χ2v) is 6.48. The molecule has 1 atom stereocenters. The second-order valence-electron chi connectivity index (χ2n) is 6.48. The van der Waals surface area contributed by atoms with E-state index in [0.717, 1.165) is 10.3 Å². The van der Waals surface area contributed by atoms with Gasteiger partial charge >= 0.3 is 5.69 Å². The Morgan fingerprint density at radius 2 is 1.82 bits per heavy atom. The number of nitrogens with one attached hydrogen (secondary N) is 2. The number of aliphatic hydroxyl groups excluding tert-OH is 2. The summed E-state index contributed by atoms with van der Waals surface area (Å²) in [5.74, 6) is 0.307. The summed E-state index contributed by atoms with van der Waals surface area (Å²) in [7, 11) is 2.93. The van der Waals surface area contributed by atoms with Crippen LogP contribution in [0.5, 0.6) is 0 Å². The first kappa shape index (κ1) is 19.6. The summed E-state index contributed by atoms with van der Waals surface area (Å²) in [5.41, 5.74) is 0.322. The molecule has 10 nitrogen and oxygen atoms in total. The van der Waals surface area contributed by atoms with E-state index < -0.39 is 17.4 Å². The number of para-hydroxylation sites is 1. The lowest BCUT2D eigenvalue weighted by Crippen LogP contribution is -2.38. The molecule has 0 saturated heterocycles. The van der Waals surface area contributed by atoms with Crippen molar-refractivity contribution in [1.82, 2.24) is 18.7 Å². The molecule has 3 rings (SSSR count). The van der Waals surface area contributed by atoms with Crippen molar-refractivity contribution >= 4 is 22.8 Å². The van der Waals surface area contributed by atoms with Gasteiger partial charge < -0.3 is 25.4 Å². The molecule has 3 aromatic rings. The highest BCUT2D eigenvalue weighted by atomic mass is 16.3. The maximum Gasteiger partial charge on any atom is 0.332 e. The zero-order valence-corrected chi connectivity index (χ0v) is 15.8. The number of aliphatic hydroxyl groups is 2. The number of fused-ring (bicyclic) bond motifs is 1. The summed E-state index contributed by atoms with van der Waals surface area (Å²) in [4.78, 5) is 29.2. The van der Waals surface area contributed by atoms with Crippen molar-refractivity contribution < 1.29 is 10.2 Å². The number of rotatable bonds is 8. The van der Waals surface area contributed by atoms with Gasteiger partial charge in [0.1, 0.15) is 0 Å². The minimum absolute atomic E-state index is 0.0809. The van der Waals surface area contributed by atoms with Gasteiger partial charge in [0.15, 0.2) is 11.2 Å². The second kappa shape index (κ2) is 8.28. The van der Waals surface area contributed by atoms with E-state index in [1.807, 2.05) is 30.3 Å². The van der Waals surface area contributed by atoms with Gasteiger partial charge in [-0.3, -0.25) is 13.9 Å². The number of imidazole rings is 1. The minimum Gasteiger partial charge on any atom is -0.395 e. The Morgan fingerprint density at radius 1 is 1.11 bits per heavy atom. The summed E-state index contributed by atoms with van der Waals surface area (Å²) in [6, 6.07) is 9.45. The summed E-state index contributed by atoms with van der Waals surface area (Å²) >= 11 is 0. The van der Waals surface area contributed by atoms with Gasteiger partial charge in [-0.1, -0.05) is 18.2 Å². The summed E-state index contributed by atoms with van der Waals surface area (Å²) < 4.78 is 3.83. The van der Waals surface area contributed by atoms with Gasteiger partial charge in [0.25, 0.3) is 5.56 Å². The van der Waals surface area contributed by atoms with Crippen molar-refractivity contribution in [3.63, 3.8) is 0 Å². The van der Waals surface area contributed by atoms with Crippen molar-refractivity contribution in [2.24, 2.45) is 14.1 Å². The Hall–Kier alpha value is -3.11. The topological polar surface area (TPSA) is 126 Å². The third-order valence-electron chi connectivity index (χ3n) is 4.45. The molecular formula is C18H24N6O4. The molecule has 0 amide bonds. The van der Waals surface area contributed by atoms with E-state index in [2.05, 4.69) is 15.6 Å². The molecule has 0 aliphatic rings. The predicted molar refractivity (Wildman–Crippen MR) is 107 cm³/mol. The van der Waals surface area contributed by atoms with E-state index in [0.29, 0.717) is 5.95 Å². The third-order valence-corrected chi connectivity index (χ3v) is 4.45. The Bertz CT molecular complexity index is 1070. The number of benzene rings is 1. The summed E-state index contributed by atoms with van der Waals surface area (Å²) in [6.07, 6.45) is -0.825. The largest absolute Gasteiger partial charge is 0.395 e. The SMILES string of the molecule is Cn1c(=O)c2c(nc(NCCO)n2CC(O)CNc2ccccc2)n(C)c1=O. The van der Waals surface area contributed by atoms with Gasteiger partial charge in [-0.15, -0.1) is 0 Å². The fourth-order valence-electron chi connectivity index (χ4n) is 2.99. The van der Waals surface area contributed by atoms with Gasteiger partial charge in [0, 0.05) is 32.9 Å². The van der Waals surface area contributed by atoms with Crippen LogP contribution in [-0.2, 0) is 20.6 Å². The summed E-state index contributed by atoms with van der Waals surface area (Å²) in [6.45, 7) is 0.431. The van der Waals surface area contributed by atoms with Crippen LogP contribution >= 0.6 is 0 Å². The first-order valence-corrected chi connectivity index (χ1v) is 8.92. The number of aryl methyl sites for hydroxylation is 1. The molecule has 4 N–H and O–H groups in total. The average Bonchev–Trinajstić information content (AvgIpc) is 3.06. The standard InChI is InChI=1S/C18H24N6O4/c1-22-15-14(16(27)23(2)18(22)28)24(17(21-15)19-8-9-25)11-13(26)10-20-12-6-4-3-5-7-12/h3-7,13,20,25-26H,8-11H2,1-2H3,(H,19,21). The molecule has 0 saturated carbocycles. The smallest absolute Gasteiger partial charge is 0.332 e. The highest BCUT2D eigenvalue weighted by molar-refractivity contribution is 5.74. The van der Waals surface area contributed by atoms with Crippen LogP contribution in [-0.4, -0.2) is 54.7 Å². The molecule has 0 aliphatic carbocycles. The van der Waals surface area contributed by atoms with Gasteiger partial charge in [0.05, 0.1) is 19.3 Å². The Morgan fingerprint density at radius 3 is 2.50 bits per heavy atom. The van der Waals surface area contributed by atoms with E-state index >= 15 is 0 Å². The predicted octanol–water partition coefficient (Wildman–Crippen LogP) is -0.689. The van der Waals surface area contributed by atoms with Crippen molar-refractivity contribution in [1.29, 1.82) is 0 Å². The van der Waals surface area contributed by atoms with Gasteiger partial charge in [-0.05, 0) is 12.1 Å². The Labute approximate surface area is 160 Å². The van der Waals surface area contributed by atoms with Crippen molar-refractivity contribution in [2.75, 3.05) is 30.3 Å². The molecule has 0 spiro atoms. The number of hydrogen-bond donors (Lipinski definition) is 4. The molecule has 0 aliphatic heterocycles. The average molecular weight is 388 g/mol. The molecule has 0 radical (unpaired) electrons. The van der Waals surface area contributed by atoms with E-state index in [4.69, 9.17) is 5.11 Å². The zero-order chi connectivity index (χ0) is 20.3. The highest BCUT2D eigenvalue weighted by Gasteiger charge is 2.20. The van der Waals surface area contributed by atoms with E-state index in [1.165, 1.54) is 18.7 Å². The lowest BCUT2D eigenvalue weighted by Gasteiger charge is -2.16. The molecule has 2 aromatic heterocycles. The highest BCUT2D eigenvalue weighted by Crippen LogP contribution is 2.16. The van der Waals surface area contributed by atoms with E-state index in [-0.39, 0.29) is 37.4 Å². The molecule has 0 fully saturated rings. The molecule has 1 unspecified atom stereocenters. The monoisotopic (exact) mass is 388 g/mol. The Kier molecular flexibility index (Phi) is 5.81. The molecule has 0 bridgehead atoms. The quantitative estimate of drug-likeness (QED) is 0.402. The number of anilines is 2. The first-order chi connectivity index (χ1) is 13.4. The van der Waals surface area contributed by atoms with Crippen LogP contribution in [0.2, 0.25) is 0 Å². The van der Waals surface area contributed by atoms with E-state index in [9.17, 15) is 14.7 Å². The Balaban J connectivity index is 1.95. The molecule has 1 aromatic carbocycles. The lowest BCUT2D eigenvalue weighted by molar-refractivity contribution is 0.168. The number of hydrogen-bond acceptors (Lipinski definition) is 7. The van der Waals surface area contributed by atoms with Gasteiger partial charge in [-0.2, -0.15) is 4.98 Å². The molecule has 150 valence electrons. The number of aromatic nitrogens is 4.